The minimum Gasteiger partial charge on any atom is -0.444 e. The van der Waals surface area contributed by atoms with Crippen LogP contribution in [0.4, 0.5) is 4.79 Å². The van der Waals surface area contributed by atoms with Gasteiger partial charge in [0.25, 0.3) is 5.91 Å². The Morgan fingerprint density at radius 1 is 1.07 bits per heavy atom. The number of carbonyl (C=O) groups is 2. The molecule has 1 saturated heterocycles. The lowest BCUT2D eigenvalue weighted by Crippen LogP contribution is -2.51. The summed E-state index contributed by atoms with van der Waals surface area (Å²) in [5, 5.41) is 0. The third kappa shape index (κ3) is 4.96. The second-order valence-electron chi connectivity index (χ2n) is 8.45. The maximum Gasteiger partial charge on any atom is 0.410 e. The standard InChI is InChI=1S/C22H30N4O3/c1-16-14-19(17(2)26(16)15-18-8-6-7-9-23-18)20(27)24-10-12-25(13-11-24)21(28)29-22(3,4)5/h6-9,14H,10-13,15H2,1-5H3. The summed E-state index contributed by atoms with van der Waals surface area (Å²) < 4.78 is 7.54. The largest absolute Gasteiger partial charge is 0.444 e. The van der Waals surface area contributed by atoms with Crippen LogP contribution in [-0.4, -0.2) is 63.1 Å². The summed E-state index contributed by atoms with van der Waals surface area (Å²) in [4.78, 5) is 33.2. The summed E-state index contributed by atoms with van der Waals surface area (Å²) in [6, 6.07) is 7.79. The highest BCUT2D eigenvalue weighted by molar-refractivity contribution is 5.96. The van der Waals surface area contributed by atoms with Crippen molar-refractivity contribution in [3.05, 3.63) is 53.1 Å². The van der Waals surface area contributed by atoms with Gasteiger partial charge in [-0.1, -0.05) is 6.07 Å². The first-order valence-electron chi connectivity index (χ1n) is 9.99. The van der Waals surface area contributed by atoms with Crippen LogP contribution in [-0.2, 0) is 11.3 Å². The van der Waals surface area contributed by atoms with Crippen LogP contribution in [0.1, 0.15) is 48.2 Å². The molecule has 0 bridgehead atoms. The molecule has 0 unspecified atom stereocenters. The molecule has 0 aromatic carbocycles. The Labute approximate surface area is 172 Å². The number of ether oxygens (including phenoxy) is 1. The van der Waals surface area contributed by atoms with Crippen molar-refractivity contribution in [2.45, 2.75) is 46.8 Å². The Morgan fingerprint density at radius 3 is 2.31 bits per heavy atom. The Kier molecular flexibility index (Phi) is 5.96. The number of rotatable bonds is 3. The van der Waals surface area contributed by atoms with Gasteiger partial charge >= 0.3 is 6.09 Å². The summed E-state index contributed by atoms with van der Waals surface area (Å²) in [5.41, 5.74) is 3.12. The molecule has 1 aliphatic rings. The van der Waals surface area contributed by atoms with Gasteiger partial charge in [-0.3, -0.25) is 9.78 Å². The van der Waals surface area contributed by atoms with Crippen molar-refractivity contribution in [2.24, 2.45) is 0 Å². The predicted octanol–water partition coefficient (Wildman–Crippen LogP) is 3.24. The van der Waals surface area contributed by atoms with Crippen molar-refractivity contribution in [2.75, 3.05) is 26.2 Å². The van der Waals surface area contributed by atoms with Crippen molar-refractivity contribution in [1.82, 2.24) is 19.4 Å². The van der Waals surface area contributed by atoms with E-state index in [1.54, 1.807) is 11.1 Å². The number of pyridine rings is 1. The molecule has 2 aromatic rings. The lowest BCUT2D eigenvalue weighted by molar-refractivity contribution is 0.0140. The van der Waals surface area contributed by atoms with Crippen LogP contribution in [0.2, 0.25) is 0 Å². The first-order valence-corrected chi connectivity index (χ1v) is 9.99. The van der Waals surface area contributed by atoms with Gasteiger partial charge < -0.3 is 19.1 Å². The molecule has 7 heteroatoms. The number of aryl methyl sites for hydroxylation is 1. The summed E-state index contributed by atoms with van der Waals surface area (Å²) >= 11 is 0. The lowest BCUT2D eigenvalue weighted by atomic mass is 10.2. The molecule has 0 saturated carbocycles. The SMILES string of the molecule is Cc1cc(C(=O)N2CCN(C(=O)OC(C)(C)C)CC2)c(C)n1Cc1ccccn1. The zero-order valence-corrected chi connectivity index (χ0v) is 17.9. The monoisotopic (exact) mass is 398 g/mol. The molecule has 2 amide bonds. The van der Waals surface area contributed by atoms with E-state index < -0.39 is 5.60 Å². The number of carbonyl (C=O) groups excluding carboxylic acids is 2. The van der Waals surface area contributed by atoms with Gasteiger partial charge in [-0.2, -0.15) is 0 Å². The van der Waals surface area contributed by atoms with Gasteiger partial charge in [0, 0.05) is 43.8 Å². The predicted molar refractivity (Wildman–Crippen MR) is 111 cm³/mol. The Hall–Kier alpha value is -2.83. The molecule has 0 aliphatic carbocycles. The highest BCUT2D eigenvalue weighted by Crippen LogP contribution is 2.20. The molecule has 0 radical (unpaired) electrons. The highest BCUT2D eigenvalue weighted by atomic mass is 16.6. The molecule has 1 fully saturated rings. The van der Waals surface area contributed by atoms with Crippen molar-refractivity contribution in [1.29, 1.82) is 0 Å². The smallest absolute Gasteiger partial charge is 0.410 e. The van der Waals surface area contributed by atoms with E-state index in [2.05, 4.69) is 9.55 Å². The molecule has 1 aliphatic heterocycles. The Morgan fingerprint density at radius 2 is 1.72 bits per heavy atom. The number of amides is 2. The van der Waals surface area contributed by atoms with Gasteiger partial charge in [-0.15, -0.1) is 0 Å². The fourth-order valence-electron chi connectivity index (χ4n) is 3.50. The first-order chi connectivity index (χ1) is 13.7. The highest BCUT2D eigenvalue weighted by Gasteiger charge is 2.29. The maximum atomic E-state index is 13.1. The maximum absolute atomic E-state index is 13.1. The molecule has 7 nitrogen and oxygen atoms in total. The molecule has 2 aromatic heterocycles. The van der Waals surface area contributed by atoms with Gasteiger partial charge in [0.05, 0.1) is 17.8 Å². The van der Waals surface area contributed by atoms with Gasteiger partial charge in [0.2, 0.25) is 0 Å². The number of piperazine rings is 1. The van der Waals surface area contributed by atoms with Crippen molar-refractivity contribution >= 4 is 12.0 Å². The molecule has 0 atom stereocenters. The lowest BCUT2D eigenvalue weighted by Gasteiger charge is -2.35. The zero-order valence-electron chi connectivity index (χ0n) is 17.9. The number of hydrogen-bond acceptors (Lipinski definition) is 4. The number of hydrogen-bond donors (Lipinski definition) is 0. The topological polar surface area (TPSA) is 67.7 Å². The fraction of sp³-hybridized carbons (Fsp3) is 0.500. The van der Waals surface area contributed by atoms with E-state index in [-0.39, 0.29) is 12.0 Å². The molecule has 3 heterocycles. The van der Waals surface area contributed by atoms with E-state index in [0.717, 1.165) is 17.1 Å². The summed E-state index contributed by atoms with van der Waals surface area (Å²) in [7, 11) is 0. The summed E-state index contributed by atoms with van der Waals surface area (Å²) in [6.07, 6.45) is 1.46. The van der Waals surface area contributed by atoms with Crippen molar-refractivity contribution < 1.29 is 14.3 Å². The second-order valence-corrected chi connectivity index (χ2v) is 8.45. The fourth-order valence-corrected chi connectivity index (χ4v) is 3.50. The van der Waals surface area contributed by atoms with Crippen LogP contribution in [0, 0.1) is 13.8 Å². The van der Waals surface area contributed by atoms with Gasteiger partial charge in [-0.25, -0.2) is 4.79 Å². The van der Waals surface area contributed by atoms with Crippen LogP contribution < -0.4 is 0 Å². The van der Waals surface area contributed by atoms with E-state index in [0.29, 0.717) is 38.3 Å². The van der Waals surface area contributed by atoms with E-state index in [1.807, 2.05) is 63.8 Å². The van der Waals surface area contributed by atoms with Crippen molar-refractivity contribution in [3.8, 4) is 0 Å². The summed E-state index contributed by atoms with van der Waals surface area (Å²) in [6.45, 7) is 12.1. The molecular weight excluding hydrogens is 368 g/mol. The Bertz CT molecular complexity index is 875. The quantitative estimate of drug-likeness (QED) is 0.796. The second kappa shape index (κ2) is 8.27. The average molecular weight is 399 g/mol. The minimum atomic E-state index is -0.519. The number of aromatic nitrogens is 2. The van der Waals surface area contributed by atoms with Crippen molar-refractivity contribution in [3.63, 3.8) is 0 Å². The molecule has 29 heavy (non-hydrogen) atoms. The van der Waals surface area contributed by atoms with Crippen LogP contribution in [0.5, 0.6) is 0 Å². The zero-order chi connectivity index (χ0) is 21.2. The van der Waals surface area contributed by atoms with Crippen LogP contribution >= 0.6 is 0 Å². The van der Waals surface area contributed by atoms with Crippen LogP contribution in [0.15, 0.2) is 30.5 Å². The van der Waals surface area contributed by atoms with Gasteiger partial charge in [0.1, 0.15) is 5.60 Å². The van der Waals surface area contributed by atoms with E-state index in [9.17, 15) is 9.59 Å². The normalized spacial score (nSPS) is 14.8. The molecule has 0 N–H and O–H groups in total. The Balaban J connectivity index is 1.66. The molecule has 0 spiro atoms. The third-order valence-electron chi connectivity index (χ3n) is 5.07. The van der Waals surface area contributed by atoms with Crippen LogP contribution in [0.3, 0.4) is 0 Å². The van der Waals surface area contributed by atoms with Crippen LogP contribution in [0.25, 0.3) is 0 Å². The molecular formula is C22H30N4O3. The number of nitrogens with zero attached hydrogens (tertiary/aromatic N) is 4. The average Bonchev–Trinajstić information content (AvgIpc) is 2.95. The minimum absolute atomic E-state index is 0.00853. The van der Waals surface area contributed by atoms with Gasteiger partial charge in [0.15, 0.2) is 0 Å². The van der Waals surface area contributed by atoms with E-state index in [1.165, 1.54) is 0 Å². The van der Waals surface area contributed by atoms with E-state index in [4.69, 9.17) is 4.74 Å². The molecule has 156 valence electrons. The molecule has 3 rings (SSSR count). The van der Waals surface area contributed by atoms with E-state index >= 15 is 0 Å². The third-order valence-corrected chi connectivity index (χ3v) is 5.07. The summed E-state index contributed by atoms with van der Waals surface area (Å²) in [5.74, 6) is 0.00853. The van der Waals surface area contributed by atoms with Gasteiger partial charge in [-0.05, 0) is 52.8 Å². The first kappa shape index (κ1) is 20.9.